The van der Waals surface area contributed by atoms with E-state index < -0.39 is 10.0 Å². The Bertz CT molecular complexity index is 1090. The van der Waals surface area contributed by atoms with Crippen molar-refractivity contribution in [3.05, 3.63) is 36.7 Å². The summed E-state index contributed by atoms with van der Waals surface area (Å²) in [4.78, 5) is 7.76. The van der Waals surface area contributed by atoms with Crippen LogP contribution < -0.4 is 10.5 Å². The second-order valence-electron chi connectivity index (χ2n) is 4.69. The van der Waals surface area contributed by atoms with E-state index in [1.807, 2.05) is 33.8 Å². The molecule has 0 saturated carbocycles. The lowest BCUT2D eigenvalue weighted by Gasteiger charge is -1.96. The van der Waals surface area contributed by atoms with Gasteiger partial charge in [0.2, 0.25) is 10.0 Å². The number of fused-ring (bicyclic) bond motifs is 2. The van der Waals surface area contributed by atoms with E-state index in [9.17, 15) is 8.42 Å². The van der Waals surface area contributed by atoms with Gasteiger partial charge in [-0.15, -0.1) is 0 Å². The molecule has 0 fully saturated rings. The van der Waals surface area contributed by atoms with Crippen LogP contribution in [0.2, 0.25) is 0 Å². The first-order chi connectivity index (χ1) is 13.4. The zero-order chi connectivity index (χ0) is 21.2. The highest BCUT2D eigenvalue weighted by atomic mass is 32.2. The van der Waals surface area contributed by atoms with Crippen LogP contribution in [0.25, 0.3) is 22.2 Å². The minimum Gasteiger partial charge on any atom is -0.380 e. The summed E-state index contributed by atoms with van der Waals surface area (Å²) in [6.07, 6.45) is 4.22. The Balaban J connectivity index is 0.000000463. The largest absolute Gasteiger partial charge is 0.380 e. The molecule has 0 atom stereocenters. The molecule has 10 nitrogen and oxygen atoms in total. The van der Waals surface area contributed by atoms with Gasteiger partial charge in [0, 0.05) is 12.4 Å². The molecule has 4 rings (SSSR count). The molecule has 11 heteroatoms. The molecule has 3 N–H and O–H groups in total. The molecule has 4 aromatic rings. The van der Waals surface area contributed by atoms with E-state index in [-0.39, 0.29) is 13.2 Å². The van der Waals surface area contributed by atoms with Crippen molar-refractivity contribution in [3.8, 4) is 0 Å². The van der Waals surface area contributed by atoms with E-state index in [2.05, 4.69) is 25.0 Å². The lowest BCUT2D eigenvalue weighted by molar-refractivity contribution is 0.452. The molecule has 0 spiro atoms. The van der Waals surface area contributed by atoms with Gasteiger partial charge in [-0.1, -0.05) is 45.4 Å². The number of sulfonamides is 1. The first kappa shape index (κ1) is 25.8. The van der Waals surface area contributed by atoms with E-state index in [0.717, 1.165) is 11.6 Å². The Hall–Kier alpha value is -3.21. The summed E-state index contributed by atoms with van der Waals surface area (Å²) in [7, 11) is -3.34. The summed E-state index contributed by atoms with van der Waals surface area (Å²) >= 11 is 0. The smallest absolute Gasteiger partial charge is 0.259 e. The molecule has 0 aliphatic carbocycles. The molecule has 0 bridgehead atoms. The third-order valence-corrected chi connectivity index (χ3v) is 3.37. The monoisotopic (exact) mass is 424 g/mol. The van der Waals surface area contributed by atoms with Gasteiger partial charge in [0.05, 0.1) is 17.0 Å². The van der Waals surface area contributed by atoms with Crippen molar-refractivity contribution in [1.29, 1.82) is 0 Å². The van der Waals surface area contributed by atoms with Crippen molar-refractivity contribution < 1.29 is 17.5 Å². The number of hydrogen-bond donors (Lipinski definition) is 2. The Labute approximate surface area is 170 Å². The normalized spacial score (nSPS) is 9.69. The van der Waals surface area contributed by atoms with Gasteiger partial charge in [-0.3, -0.25) is 4.72 Å². The quantitative estimate of drug-likeness (QED) is 0.485. The van der Waals surface area contributed by atoms with Crippen molar-refractivity contribution in [2.45, 2.75) is 35.1 Å². The first-order valence-corrected chi connectivity index (χ1v) is 10.5. The standard InChI is InChI=1S/C7H7N3O3S.C6H5N3O.2C2H6.CH4/c1-14(11,12)10-6-5-3-2-4-8-7(5)13-9-6;7-5-4-2-1-3-8-6(4)10-9-5;2*1-2;/h2-4H,1H3,(H,9,10);1-3H,(H2,7,9);2*1-2H3;1H4. The zero-order valence-electron chi connectivity index (χ0n) is 16.4. The zero-order valence-corrected chi connectivity index (χ0v) is 17.2. The van der Waals surface area contributed by atoms with Crippen LogP contribution in [0.4, 0.5) is 11.6 Å². The van der Waals surface area contributed by atoms with E-state index >= 15 is 0 Å². The van der Waals surface area contributed by atoms with Crippen LogP contribution in [0.3, 0.4) is 0 Å². The second kappa shape index (κ2) is 12.3. The molecule has 0 aliphatic rings. The lowest BCUT2D eigenvalue weighted by atomic mass is 10.3. The number of nitrogens with one attached hydrogen (secondary N) is 1. The fraction of sp³-hybridized carbons (Fsp3) is 0.333. The van der Waals surface area contributed by atoms with Crippen molar-refractivity contribution in [2.75, 3.05) is 16.7 Å². The van der Waals surface area contributed by atoms with Crippen LogP contribution in [-0.2, 0) is 10.0 Å². The van der Waals surface area contributed by atoms with Gasteiger partial charge in [-0.2, -0.15) is 0 Å². The highest BCUT2D eigenvalue weighted by Gasteiger charge is 2.11. The molecule has 0 aliphatic heterocycles. The maximum Gasteiger partial charge on any atom is 0.259 e. The number of nitrogens with two attached hydrogens (primary N) is 1. The summed E-state index contributed by atoms with van der Waals surface area (Å²) in [6, 6.07) is 6.95. The SMILES string of the molecule is C.CC.CC.CS(=O)(=O)Nc1noc2ncccc12.Nc1noc2ncccc12. The minimum absolute atomic E-state index is 0. The molecular weight excluding hydrogens is 396 g/mol. The fourth-order valence-corrected chi connectivity index (χ4v) is 2.33. The summed E-state index contributed by atoms with van der Waals surface area (Å²) in [5.74, 6) is 0.554. The molecule has 0 amide bonds. The Morgan fingerprint density at radius 3 is 1.90 bits per heavy atom. The molecule has 160 valence electrons. The maximum atomic E-state index is 10.9. The first-order valence-electron chi connectivity index (χ1n) is 8.58. The van der Waals surface area contributed by atoms with Gasteiger partial charge >= 0.3 is 0 Å². The second-order valence-corrected chi connectivity index (χ2v) is 6.43. The third-order valence-electron chi connectivity index (χ3n) is 2.81. The number of aromatic nitrogens is 4. The lowest BCUT2D eigenvalue weighted by Crippen LogP contribution is -2.09. The molecule has 4 heterocycles. The van der Waals surface area contributed by atoms with Crippen LogP contribution in [0.5, 0.6) is 0 Å². The molecule has 0 aromatic carbocycles. The van der Waals surface area contributed by atoms with Crippen LogP contribution in [0.1, 0.15) is 35.1 Å². The fourth-order valence-electron chi connectivity index (χ4n) is 1.83. The molecule has 0 saturated heterocycles. The Morgan fingerprint density at radius 1 is 0.897 bits per heavy atom. The van der Waals surface area contributed by atoms with Crippen molar-refractivity contribution in [3.63, 3.8) is 0 Å². The highest BCUT2D eigenvalue weighted by Crippen LogP contribution is 2.20. The predicted octanol–water partition coefficient (Wildman–Crippen LogP) is 4.09. The number of nitrogens with zero attached hydrogens (tertiary/aromatic N) is 4. The van der Waals surface area contributed by atoms with Gasteiger partial charge in [0.1, 0.15) is 0 Å². The van der Waals surface area contributed by atoms with E-state index in [1.54, 1.807) is 24.4 Å². The van der Waals surface area contributed by atoms with E-state index in [4.69, 9.17) is 14.8 Å². The molecule has 0 unspecified atom stereocenters. The van der Waals surface area contributed by atoms with Crippen molar-refractivity contribution in [2.24, 2.45) is 0 Å². The van der Waals surface area contributed by atoms with Gasteiger partial charge in [0.25, 0.3) is 11.4 Å². The van der Waals surface area contributed by atoms with E-state index in [0.29, 0.717) is 22.6 Å². The number of hydrogen-bond acceptors (Lipinski definition) is 9. The van der Waals surface area contributed by atoms with Gasteiger partial charge in [0.15, 0.2) is 11.6 Å². The summed E-state index contributed by atoms with van der Waals surface area (Å²) < 4.78 is 33.7. The summed E-state index contributed by atoms with van der Waals surface area (Å²) in [5, 5.41) is 8.39. The molecular formula is C18H28N6O4S. The molecule has 0 radical (unpaired) electrons. The van der Waals surface area contributed by atoms with Crippen LogP contribution in [-0.4, -0.2) is 35.0 Å². The van der Waals surface area contributed by atoms with Crippen LogP contribution in [0.15, 0.2) is 45.7 Å². The number of rotatable bonds is 2. The molecule has 4 aromatic heterocycles. The van der Waals surface area contributed by atoms with Gasteiger partial charge < -0.3 is 14.8 Å². The Morgan fingerprint density at radius 2 is 1.38 bits per heavy atom. The highest BCUT2D eigenvalue weighted by molar-refractivity contribution is 7.92. The maximum absolute atomic E-state index is 10.9. The summed E-state index contributed by atoms with van der Waals surface area (Å²) in [6.45, 7) is 8.00. The Kier molecular flexibility index (Phi) is 10.9. The number of nitrogen functional groups attached to an aromatic ring is 1. The number of anilines is 2. The topological polar surface area (TPSA) is 150 Å². The van der Waals surface area contributed by atoms with E-state index in [1.165, 1.54) is 6.20 Å². The number of pyridine rings is 2. The molecule has 29 heavy (non-hydrogen) atoms. The average Bonchev–Trinajstić information content (AvgIpc) is 3.29. The average molecular weight is 425 g/mol. The van der Waals surface area contributed by atoms with Crippen molar-refractivity contribution in [1.82, 2.24) is 20.3 Å². The minimum atomic E-state index is -3.34. The van der Waals surface area contributed by atoms with Crippen LogP contribution >= 0.6 is 0 Å². The summed E-state index contributed by atoms with van der Waals surface area (Å²) in [5.41, 5.74) is 6.22. The third kappa shape index (κ3) is 7.37. The van der Waals surface area contributed by atoms with Crippen molar-refractivity contribution >= 4 is 43.9 Å². The predicted molar refractivity (Wildman–Crippen MR) is 116 cm³/mol. The van der Waals surface area contributed by atoms with Crippen LogP contribution in [0, 0.1) is 0 Å². The van der Waals surface area contributed by atoms with Gasteiger partial charge in [-0.05, 0) is 24.3 Å². The van der Waals surface area contributed by atoms with Gasteiger partial charge in [-0.25, -0.2) is 18.4 Å².